The van der Waals surface area contributed by atoms with Crippen LogP contribution in [-0.4, -0.2) is 54.1 Å². The van der Waals surface area contributed by atoms with E-state index in [0.717, 1.165) is 56.5 Å². The van der Waals surface area contributed by atoms with Gasteiger partial charge in [-0.25, -0.2) is 9.97 Å². The monoisotopic (exact) mass is 263 g/mol. The normalized spacial score (nSPS) is 16.9. The van der Waals surface area contributed by atoms with Crippen molar-refractivity contribution in [2.45, 2.75) is 26.7 Å². The largest absolute Gasteiger partial charge is 0.338 e. The van der Waals surface area contributed by atoms with Crippen LogP contribution in [0.2, 0.25) is 0 Å². The van der Waals surface area contributed by atoms with Crippen molar-refractivity contribution in [3.63, 3.8) is 0 Å². The number of piperazine rings is 1. The van der Waals surface area contributed by atoms with Crippen molar-refractivity contribution in [2.24, 2.45) is 5.73 Å². The minimum absolute atomic E-state index is 0.802. The van der Waals surface area contributed by atoms with E-state index < -0.39 is 0 Å². The highest BCUT2D eigenvalue weighted by molar-refractivity contribution is 5.32. The Hall–Kier alpha value is -1.20. The van der Waals surface area contributed by atoms with Gasteiger partial charge in [-0.15, -0.1) is 0 Å². The molecule has 1 saturated heterocycles. The maximum Gasteiger partial charge on any atom is 0.225 e. The lowest BCUT2D eigenvalue weighted by molar-refractivity contribution is 0.252. The number of rotatable bonds is 5. The minimum Gasteiger partial charge on any atom is -0.338 e. The van der Waals surface area contributed by atoms with Gasteiger partial charge in [-0.05, 0) is 45.8 Å². The van der Waals surface area contributed by atoms with Crippen LogP contribution in [0.5, 0.6) is 0 Å². The number of hydrogen-bond acceptors (Lipinski definition) is 5. The van der Waals surface area contributed by atoms with E-state index in [1.54, 1.807) is 0 Å². The molecular formula is C14H25N5. The lowest BCUT2D eigenvalue weighted by Gasteiger charge is -2.34. The molecule has 1 aromatic heterocycles. The molecule has 1 aliphatic rings. The lowest BCUT2D eigenvalue weighted by atomic mass is 10.2. The van der Waals surface area contributed by atoms with E-state index in [2.05, 4.69) is 19.8 Å². The first-order valence-corrected chi connectivity index (χ1v) is 7.18. The maximum absolute atomic E-state index is 5.53. The van der Waals surface area contributed by atoms with Crippen molar-refractivity contribution in [3.8, 4) is 0 Å². The van der Waals surface area contributed by atoms with Crippen LogP contribution in [0, 0.1) is 13.8 Å². The second-order valence-electron chi connectivity index (χ2n) is 5.28. The molecule has 2 heterocycles. The Labute approximate surface area is 115 Å². The molecular weight excluding hydrogens is 238 g/mol. The summed E-state index contributed by atoms with van der Waals surface area (Å²) in [6.45, 7) is 10.3. The van der Waals surface area contributed by atoms with E-state index in [1.807, 2.05) is 19.9 Å². The Balaban J connectivity index is 1.85. The van der Waals surface area contributed by atoms with Crippen LogP contribution in [0.15, 0.2) is 6.07 Å². The molecule has 1 aromatic rings. The number of unbranched alkanes of at least 4 members (excludes halogenated alkanes) is 1. The van der Waals surface area contributed by atoms with Crippen molar-refractivity contribution in [1.29, 1.82) is 0 Å². The standard InChI is InChI=1S/C14H25N5/c1-12-11-13(2)17-14(16-12)19-9-7-18(8-10-19)6-4-3-5-15/h11H,3-10,15H2,1-2H3. The Bertz CT molecular complexity index is 379. The summed E-state index contributed by atoms with van der Waals surface area (Å²) < 4.78 is 0. The third kappa shape index (κ3) is 4.14. The summed E-state index contributed by atoms with van der Waals surface area (Å²) in [5.41, 5.74) is 7.63. The summed E-state index contributed by atoms with van der Waals surface area (Å²) in [5.74, 6) is 0.888. The zero-order valence-electron chi connectivity index (χ0n) is 12.1. The summed E-state index contributed by atoms with van der Waals surface area (Å²) in [6, 6.07) is 2.02. The van der Waals surface area contributed by atoms with Crippen LogP contribution in [-0.2, 0) is 0 Å². The Morgan fingerprint density at radius 2 is 1.68 bits per heavy atom. The van der Waals surface area contributed by atoms with E-state index in [0.29, 0.717) is 0 Å². The first kappa shape index (κ1) is 14.2. The first-order chi connectivity index (χ1) is 9.19. The predicted octanol–water partition coefficient (Wildman–Crippen LogP) is 0.954. The summed E-state index contributed by atoms with van der Waals surface area (Å²) in [7, 11) is 0. The summed E-state index contributed by atoms with van der Waals surface area (Å²) in [4.78, 5) is 13.9. The zero-order chi connectivity index (χ0) is 13.7. The van der Waals surface area contributed by atoms with Gasteiger partial charge in [0.2, 0.25) is 5.95 Å². The molecule has 0 spiro atoms. The highest BCUT2D eigenvalue weighted by atomic mass is 15.3. The fourth-order valence-electron chi connectivity index (χ4n) is 2.50. The van der Waals surface area contributed by atoms with E-state index in [1.165, 1.54) is 13.0 Å². The molecule has 0 aliphatic carbocycles. The van der Waals surface area contributed by atoms with Gasteiger partial charge in [-0.1, -0.05) is 0 Å². The van der Waals surface area contributed by atoms with Gasteiger partial charge in [0, 0.05) is 37.6 Å². The van der Waals surface area contributed by atoms with Gasteiger partial charge >= 0.3 is 0 Å². The average Bonchev–Trinajstić information content (AvgIpc) is 2.39. The van der Waals surface area contributed by atoms with Crippen LogP contribution in [0.4, 0.5) is 5.95 Å². The fourth-order valence-corrected chi connectivity index (χ4v) is 2.50. The molecule has 5 nitrogen and oxygen atoms in total. The minimum atomic E-state index is 0.802. The van der Waals surface area contributed by atoms with Gasteiger partial charge in [-0.3, -0.25) is 4.90 Å². The van der Waals surface area contributed by atoms with Gasteiger partial charge in [0.25, 0.3) is 0 Å². The fraction of sp³-hybridized carbons (Fsp3) is 0.714. The molecule has 0 atom stereocenters. The lowest BCUT2D eigenvalue weighted by Crippen LogP contribution is -2.47. The molecule has 1 aliphatic heterocycles. The number of hydrogen-bond donors (Lipinski definition) is 1. The number of aryl methyl sites for hydroxylation is 2. The van der Waals surface area contributed by atoms with E-state index in [-0.39, 0.29) is 0 Å². The zero-order valence-corrected chi connectivity index (χ0v) is 12.1. The predicted molar refractivity (Wildman–Crippen MR) is 78.4 cm³/mol. The van der Waals surface area contributed by atoms with Crippen molar-refractivity contribution >= 4 is 5.95 Å². The van der Waals surface area contributed by atoms with Crippen molar-refractivity contribution < 1.29 is 0 Å². The maximum atomic E-state index is 5.53. The van der Waals surface area contributed by atoms with Crippen LogP contribution in [0.3, 0.4) is 0 Å². The van der Waals surface area contributed by atoms with Crippen LogP contribution >= 0.6 is 0 Å². The van der Waals surface area contributed by atoms with Crippen molar-refractivity contribution in [2.75, 3.05) is 44.2 Å². The van der Waals surface area contributed by atoms with E-state index in [4.69, 9.17) is 5.73 Å². The molecule has 106 valence electrons. The van der Waals surface area contributed by atoms with Gasteiger partial charge in [0.05, 0.1) is 0 Å². The topological polar surface area (TPSA) is 58.3 Å². The smallest absolute Gasteiger partial charge is 0.225 e. The molecule has 1 fully saturated rings. The second kappa shape index (κ2) is 6.82. The SMILES string of the molecule is Cc1cc(C)nc(N2CCN(CCCCN)CC2)n1. The second-order valence-corrected chi connectivity index (χ2v) is 5.28. The third-order valence-electron chi connectivity index (χ3n) is 3.55. The van der Waals surface area contributed by atoms with E-state index in [9.17, 15) is 0 Å². The van der Waals surface area contributed by atoms with Crippen LogP contribution in [0.25, 0.3) is 0 Å². The number of nitrogens with zero attached hydrogens (tertiary/aromatic N) is 4. The molecule has 0 aromatic carbocycles. The quantitative estimate of drug-likeness (QED) is 0.802. The van der Waals surface area contributed by atoms with E-state index >= 15 is 0 Å². The summed E-state index contributed by atoms with van der Waals surface area (Å²) >= 11 is 0. The van der Waals surface area contributed by atoms with Crippen molar-refractivity contribution in [3.05, 3.63) is 17.5 Å². The van der Waals surface area contributed by atoms with Crippen LogP contribution in [0.1, 0.15) is 24.2 Å². The molecule has 5 heteroatoms. The molecule has 2 rings (SSSR count). The molecule has 19 heavy (non-hydrogen) atoms. The van der Waals surface area contributed by atoms with Gasteiger partial charge in [-0.2, -0.15) is 0 Å². The molecule has 0 bridgehead atoms. The van der Waals surface area contributed by atoms with Gasteiger partial charge < -0.3 is 10.6 Å². The Kier molecular flexibility index (Phi) is 5.10. The summed E-state index contributed by atoms with van der Waals surface area (Å²) in [6.07, 6.45) is 2.33. The summed E-state index contributed by atoms with van der Waals surface area (Å²) in [5, 5.41) is 0. The Morgan fingerprint density at radius 1 is 1.05 bits per heavy atom. The average molecular weight is 263 g/mol. The third-order valence-corrected chi connectivity index (χ3v) is 3.55. The molecule has 0 radical (unpaired) electrons. The first-order valence-electron chi connectivity index (χ1n) is 7.18. The van der Waals surface area contributed by atoms with Crippen molar-refractivity contribution in [1.82, 2.24) is 14.9 Å². The number of nitrogens with two attached hydrogens (primary N) is 1. The highest BCUT2D eigenvalue weighted by Gasteiger charge is 2.18. The molecule has 0 amide bonds. The number of aromatic nitrogens is 2. The molecule has 0 saturated carbocycles. The molecule has 2 N–H and O–H groups in total. The van der Waals surface area contributed by atoms with Gasteiger partial charge in [0.1, 0.15) is 0 Å². The number of anilines is 1. The van der Waals surface area contributed by atoms with Crippen LogP contribution < -0.4 is 10.6 Å². The molecule has 0 unspecified atom stereocenters. The van der Waals surface area contributed by atoms with Gasteiger partial charge in [0.15, 0.2) is 0 Å². The highest BCUT2D eigenvalue weighted by Crippen LogP contribution is 2.13. The Morgan fingerprint density at radius 3 is 2.26 bits per heavy atom.